The maximum absolute atomic E-state index is 10.6. The fourth-order valence-electron chi connectivity index (χ4n) is 1.28. The zero-order valence-corrected chi connectivity index (χ0v) is 10.2. The molecule has 6 nitrogen and oxygen atoms in total. The third-order valence-electron chi connectivity index (χ3n) is 2.09. The second kappa shape index (κ2) is 4.96. The van der Waals surface area contributed by atoms with Crippen molar-refractivity contribution in [2.45, 2.75) is 6.54 Å². The molecule has 0 amide bonds. The maximum atomic E-state index is 10.6. The van der Waals surface area contributed by atoms with Crippen molar-refractivity contribution in [2.75, 3.05) is 5.32 Å². The lowest BCUT2D eigenvalue weighted by molar-refractivity contribution is -0.385. The van der Waals surface area contributed by atoms with Gasteiger partial charge in [0, 0.05) is 11.8 Å². The van der Waals surface area contributed by atoms with Crippen LogP contribution in [0.5, 0.6) is 0 Å². The molecular weight excluding hydrogens is 290 g/mol. The third-order valence-corrected chi connectivity index (χ3v) is 2.73. The van der Waals surface area contributed by atoms with Crippen LogP contribution >= 0.6 is 15.9 Å². The van der Waals surface area contributed by atoms with Crippen LogP contribution in [0.2, 0.25) is 0 Å². The van der Waals surface area contributed by atoms with Crippen LogP contribution < -0.4 is 5.32 Å². The Balaban J connectivity index is 2.07. The molecule has 0 fully saturated rings. The molecule has 0 saturated carbocycles. The van der Waals surface area contributed by atoms with Gasteiger partial charge in [-0.25, -0.2) is 4.98 Å². The largest absolute Gasteiger partial charge is 0.447 e. The van der Waals surface area contributed by atoms with Crippen LogP contribution in [-0.4, -0.2) is 9.91 Å². The van der Waals surface area contributed by atoms with Gasteiger partial charge in [0.1, 0.15) is 5.76 Å². The predicted molar refractivity (Wildman–Crippen MR) is 64.6 cm³/mol. The maximum Gasteiger partial charge on any atom is 0.283 e. The van der Waals surface area contributed by atoms with Crippen molar-refractivity contribution >= 4 is 27.3 Å². The third kappa shape index (κ3) is 2.82. The summed E-state index contributed by atoms with van der Waals surface area (Å²) in [5.41, 5.74) is 0.800. The summed E-state index contributed by atoms with van der Waals surface area (Å²) in [7, 11) is 0. The number of oxazole rings is 1. The minimum absolute atomic E-state index is 0.0372. The second-order valence-corrected chi connectivity index (χ2v) is 4.10. The number of anilines is 1. The standard InChI is InChI=1S/C10H8BrN3O3/c11-9-3-7(1-2-10(9)14(15)16)13-5-8-4-12-6-17-8/h1-4,6,13H,5H2. The molecule has 2 rings (SSSR count). The van der Waals surface area contributed by atoms with Crippen LogP contribution in [0.4, 0.5) is 11.4 Å². The van der Waals surface area contributed by atoms with Crippen molar-refractivity contribution in [1.29, 1.82) is 0 Å². The molecule has 1 N–H and O–H groups in total. The van der Waals surface area contributed by atoms with Crippen molar-refractivity contribution in [3.8, 4) is 0 Å². The summed E-state index contributed by atoms with van der Waals surface area (Å²) < 4.78 is 5.49. The van der Waals surface area contributed by atoms with E-state index in [0.717, 1.165) is 5.69 Å². The molecule has 0 radical (unpaired) electrons. The molecule has 1 aromatic carbocycles. The van der Waals surface area contributed by atoms with Crippen molar-refractivity contribution in [3.63, 3.8) is 0 Å². The van der Waals surface area contributed by atoms with Gasteiger partial charge in [-0.3, -0.25) is 10.1 Å². The van der Waals surface area contributed by atoms with Crippen LogP contribution in [0.15, 0.2) is 39.7 Å². The molecule has 0 unspecified atom stereocenters. The van der Waals surface area contributed by atoms with E-state index < -0.39 is 4.92 Å². The Bertz CT molecular complexity index is 528. The van der Waals surface area contributed by atoms with Gasteiger partial charge in [0.2, 0.25) is 0 Å². The molecule has 0 spiro atoms. The number of rotatable bonds is 4. The summed E-state index contributed by atoms with van der Waals surface area (Å²) in [5, 5.41) is 13.7. The normalized spacial score (nSPS) is 10.2. The summed E-state index contributed by atoms with van der Waals surface area (Å²) >= 11 is 3.15. The average molecular weight is 298 g/mol. The number of nitro groups is 1. The lowest BCUT2D eigenvalue weighted by Gasteiger charge is -2.04. The molecular formula is C10H8BrN3O3. The fourth-order valence-corrected chi connectivity index (χ4v) is 1.81. The number of nitro benzene ring substituents is 1. The monoisotopic (exact) mass is 297 g/mol. The predicted octanol–water partition coefficient (Wildman–Crippen LogP) is 2.96. The van der Waals surface area contributed by atoms with Crippen LogP contribution in [0.3, 0.4) is 0 Å². The van der Waals surface area contributed by atoms with Crippen molar-refractivity contribution < 1.29 is 9.34 Å². The van der Waals surface area contributed by atoms with Gasteiger partial charge in [-0.05, 0) is 28.1 Å². The van der Waals surface area contributed by atoms with E-state index >= 15 is 0 Å². The Morgan fingerprint density at radius 1 is 1.53 bits per heavy atom. The lowest BCUT2D eigenvalue weighted by atomic mass is 10.3. The van der Waals surface area contributed by atoms with Crippen molar-refractivity contribution in [2.24, 2.45) is 0 Å². The van der Waals surface area contributed by atoms with Gasteiger partial charge < -0.3 is 9.73 Å². The minimum atomic E-state index is -0.440. The molecule has 0 aliphatic rings. The van der Waals surface area contributed by atoms with Crippen molar-refractivity contribution in [3.05, 3.63) is 51.1 Å². The van der Waals surface area contributed by atoms with Crippen LogP contribution in [0.1, 0.15) is 5.76 Å². The molecule has 0 aliphatic heterocycles. The first-order valence-corrected chi connectivity index (χ1v) is 5.51. The highest BCUT2D eigenvalue weighted by Gasteiger charge is 2.11. The minimum Gasteiger partial charge on any atom is -0.447 e. The van der Waals surface area contributed by atoms with E-state index in [1.165, 1.54) is 12.5 Å². The van der Waals surface area contributed by atoms with E-state index in [0.29, 0.717) is 16.8 Å². The quantitative estimate of drug-likeness (QED) is 0.693. The van der Waals surface area contributed by atoms with Crippen LogP contribution in [-0.2, 0) is 6.54 Å². The van der Waals surface area contributed by atoms with Gasteiger partial charge in [0.25, 0.3) is 5.69 Å². The molecule has 7 heteroatoms. The number of aromatic nitrogens is 1. The Hall–Kier alpha value is -1.89. The highest BCUT2D eigenvalue weighted by Crippen LogP contribution is 2.27. The van der Waals surface area contributed by atoms with Gasteiger partial charge in [-0.1, -0.05) is 0 Å². The second-order valence-electron chi connectivity index (χ2n) is 3.24. The van der Waals surface area contributed by atoms with Gasteiger partial charge in [-0.15, -0.1) is 0 Å². The Morgan fingerprint density at radius 2 is 2.35 bits per heavy atom. The Kier molecular flexibility index (Phi) is 3.38. The summed E-state index contributed by atoms with van der Waals surface area (Å²) in [5.74, 6) is 0.694. The lowest BCUT2D eigenvalue weighted by Crippen LogP contribution is -1.98. The van der Waals surface area contributed by atoms with Gasteiger partial charge >= 0.3 is 0 Å². The summed E-state index contributed by atoms with van der Waals surface area (Å²) in [4.78, 5) is 14.0. The highest BCUT2D eigenvalue weighted by atomic mass is 79.9. The molecule has 0 bridgehead atoms. The molecule has 1 heterocycles. The molecule has 0 aliphatic carbocycles. The number of nitrogens with one attached hydrogen (secondary N) is 1. The molecule has 2 aromatic rings. The summed E-state index contributed by atoms with van der Waals surface area (Å²) in [6.07, 6.45) is 2.95. The number of benzene rings is 1. The van der Waals surface area contributed by atoms with Crippen LogP contribution in [0, 0.1) is 10.1 Å². The molecule has 88 valence electrons. The summed E-state index contributed by atoms with van der Waals surface area (Å²) in [6.45, 7) is 0.476. The Labute approximate surface area is 105 Å². The van der Waals surface area contributed by atoms with E-state index in [1.54, 1.807) is 18.3 Å². The van der Waals surface area contributed by atoms with E-state index in [2.05, 4.69) is 26.2 Å². The first kappa shape index (κ1) is 11.6. The molecule has 0 saturated heterocycles. The first-order valence-electron chi connectivity index (χ1n) is 4.72. The zero-order chi connectivity index (χ0) is 12.3. The Morgan fingerprint density at radius 3 is 2.94 bits per heavy atom. The van der Waals surface area contributed by atoms with Crippen LogP contribution in [0.25, 0.3) is 0 Å². The van der Waals surface area contributed by atoms with E-state index in [-0.39, 0.29) is 5.69 Å². The molecule has 0 atom stereocenters. The number of hydrogen-bond acceptors (Lipinski definition) is 5. The first-order chi connectivity index (χ1) is 8.16. The number of hydrogen-bond donors (Lipinski definition) is 1. The van der Waals surface area contributed by atoms with E-state index in [1.807, 2.05) is 0 Å². The van der Waals surface area contributed by atoms with Crippen molar-refractivity contribution in [1.82, 2.24) is 4.98 Å². The van der Waals surface area contributed by atoms with Gasteiger partial charge in [-0.2, -0.15) is 0 Å². The zero-order valence-electron chi connectivity index (χ0n) is 8.59. The summed E-state index contributed by atoms with van der Waals surface area (Å²) in [6, 6.07) is 4.72. The topological polar surface area (TPSA) is 81.2 Å². The SMILES string of the molecule is O=[N+]([O-])c1ccc(NCc2cnco2)cc1Br. The number of halogens is 1. The fraction of sp³-hybridized carbons (Fsp3) is 0.100. The molecule has 1 aromatic heterocycles. The van der Waals surface area contributed by atoms with Gasteiger partial charge in [0.05, 0.1) is 22.1 Å². The number of nitrogens with zero attached hydrogens (tertiary/aromatic N) is 2. The smallest absolute Gasteiger partial charge is 0.283 e. The average Bonchev–Trinajstić information content (AvgIpc) is 2.78. The van der Waals surface area contributed by atoms with E-state index in [9.17, 15) is 10.1 Å². The van der Waals surface area contributed by atoms with E-state index in [4.69, 9.17) is 4.42 Å². The highest BCUT2D eigenvalue weighted by molar-refractivity contribution is 9.10. The van der Waals surface area contributed by atoms with Gasteiger partial charge in [0.15, 0.2) is 6.39 Å². The molecule has 17 heavy (non-hydrogen) atoms.